The minimum absolute atomic E-state index is 0.0450. The van der Waals surface area contributed by atoms with Gasteiger partial charge in [-0.15, -0.1) is 0 Å². The first-order valence-corrected chi connectivity index (χ1v) is 21.4. The van der Waals surface area contributed by atoms with Crippen molar-refractivity contribution >= 4 is 27.9 Å². The van der Waals surface area contributed by atoms with Crippen molar-refractivity contribution in [1.82, 2.24) is 14.5 Å². The molecule has 2 aromatic heterocycles. The molecule has 2 aliphatic heterocycles. The highest BCUT2D eigenvalue weighted by atomic mass is 28.4. The highest BCUT2D eigenvalue weighted by Gasteiger charge is 2.66. The monoisotopic (exact) mass is 679 g/mol. The number of rotatable bonds is 6. The van der Waals surface area contributed by atoms with Gasteiger partial charge in [-0.1, -0.05) is 104 Å². The molecular formula is C36H53N3O6Si2. The third-order valence-corrected chi connectivity index (χ3v) is 19.3. The van der Waals surface area contributed by atoms with Crippen LogP contribution in [0.3, 0.4) is 0 Å². The molecule has 47 heavy (non-hydrogen) atoms. The summed E-state index contributed by atoms with van der Waals surface area (Å²) < 4.78 is 36.6. The van der Waals surface area contributed by atoms with E-state index in [2.05, 4.69) is 92.2 Å². The molecule has 0 saturated carbocycles. The summed E-state index contributed by atoms with van der Waals surface area (Å²) in [6, 6.07) is 9.95. The first kappa shape index (κ1) is 35.7. The molecule has 4 heterocycles. The Kier molecular flexibility index (Phi) is 9.67. The quantitative estimate of drug-likeness (QED) is 0.212. The van der Waals surface area contributed by atoms with Crippen molar-refractivity contribution in [2.75, 3.05) is 6.61 Å². The van der Waals surface area contributed by atoms with E-state index in [1.807, 2.05) is 41.1 Å². The number of fused-ring (bicyclic) bond motifs is 2. The maximum atomic E-state index is 10.1. The zero-order valence-corrected chi connectivity index (χ0v) is 32.2. The van der Waals surface area contributed by atoms with Gasteiger partial charge in [0.15, 0.2) is 20.2 Å². The maximum Gasteiger partial charge on any atom is 0.349 e. The Morgan fingerprint density at radius 2 is 1.70 bits per heavy atom. The number of nitrogens with zero attached hydrogens (tertiary/aromatic N) is 3. The summed E-state index contributed by atoms with van der Waals surface area (Å²) in [4.78, 5) is 9.27. The zero-order chi connectivity index (χ0) is 34.6. The molecule has 5 atom stereocenters. The van der Waals surface area contributed by atoms with Crippen molar-refractivity contribution in [2.24, 2.45) is 0 Å². The van der Waals surface area contributed by atoms with Gasteiger partial charge in [-0.25, -0.2) is 9.97 Å². The van der Waals surface area contributed by atoms with Gasteiger partial charge in [0.1, 0.15) is 37.4 Å². The summed E-state index contributed by atoms with van der Waals surface area (Å²) >= 11 is 0. The molecule has 0 aliphatic carbocycles. The van der Waals surface area contributed by atoms with E-state index in [9.17, 15) is 5.11 Å². The molecule has 2 fully saturated rings. The number of benzene rings is 1. The highest BCUT2D eigenvalue weighted by molar-refractivity contribution is 6.74. The second kappa shape index (κ2) is 12.7. The van der Waals surface area contributed by atoms with Crippen LogP contribution < -0.4 is 4.74 Å². The van der Waals surface area contributed by atoms with Crippen molar-refractivity contribution < 1.29 is 27.9 Å². The van der Waals surface area contributed by atoms with Crippen LogP contribution in [-0.2, 0) is 24.6 Å². The van der Waals surface area contributed by atoms with Crippen molar-refractivity contribution in [3.05, 3.63) is 54.0 Å². The number of aliphatic hydroxyl groups excluding tert-OH is 1. The topological polar surface area (TPSA) is 97.1 Å². The largest absolute Gasteiger partial charge is 0.472 e. The second-order valence-electron chi connectivity index (χ2n) is 16.5. The van der Waals surface area contributed by atoms with Crippen LogP contribution in [0.15, 0.2) is 42.9 Å². The normalized spacial score (nSPS) is 24.0. The lowest BCUT2D eigenvalue weighted by atomic mass is 10.1. The van der Waals surface area contributed by atoms with Crippen LogP contribution in [0.5, 0.6) is 5.88 Å². The molecule has 0 bridgehead atoms. The summed E-state index contributed by atoms with van der Waals surface area (Å²) in [6.45, 7) is 27.0. The van der Waals surface area contributed by atoms with E-state index in [4.69, 9.17) is 27.7 Å². The van der Waals surface area contributed by atoms with Crippen LogP contribution in [0.2, 0.25) is 28.2 Å². The number of ether oxygens (including phenoxy) is 2. The van der Waals surface area contributed by atoms with E-state index in [1.54, 1.807) is 6.92 Å². The molecule has 1 aromatic carbocycles. The van der Waals surface area contributed by atoms with Crippen molar-refractivity contribution in [1.29, 1.82) is 0 Å². The summed E-state index contributed by atoms with van der Waals surface area (Å²) in [5.41, 5.74) is 2.27. The molecule has 3 aromatic rings. The molecule has 2 aliphatic rings. The Morgan fingerprint density at radius 3 is 2.30 bits per heavy atom. The van der Waals surface area contributed by atoms with Crippen molar-refractivity contribution in [3.63, 3.8) is 0 Å². The Morgan fingerprint density at radius 1 is 1.04 bits per heavy atom. The Bertz CT molecular complexity index is 1610. The van der Waals surface area contributed by atoms with Gasteiger partial charge >= 0.3 is 8.56 Å². The molecule has 1 N–H and O–H groups in total. The van der Waals surface area contributed by atoms with Crippen LogP contribution in [0, 0.1) is 11.8 Å². The van der Waals surface area contributed by atoms with Crippen LogP contribution in [0.1, 0.15) is 86.6 Å². The predicted octanol–water partition coefficient (Wildman–Crippen LogP) is 7.49. The maximum absolute atomic E-state index is 10.1. The standard InChI is InChI=1S/C36H53N3O6Si2/c1-24(40)18-19-26-20-39(31-28(26)32(38-23-37-31)41-21-25-16-14-13-15-17-25)33-30(44-46(11,12)34(2,3)4)29-27(43-33)22-42-47(45-29,35(5,6)7)36(8,9)10/h13-17,20,23-24,27,29-30,33,40H,21-22H2,1-12H3/t24-,27-,29-,30-,33-/m1/s1. The number of hydrogen-bond donors (Lipinski definition) is 1. The number of hydrogen-bond acceptors (Lipinski definition) is 8. The molecule has 256 valence electrons. The van der Waals surface area contributed by atoms with Gasteiger partial charge in [0.25, 0.3) is 0 Å². The van der Waals surface area contributed by atoms with Crippen molar-refractivity contribution in [3.8, 4) is 17.7 Å². The van der Waals surface area contributed by atoms with E-state index in [0.717, 1.165) is 5.56 Å². The summed E-state index contributed by atoms with van der Waals surface area (Å²) in [5, 5.41) is 10.3. The fourth-order valence-electron chi connectivity index (χ4n) is 6.55. The van der Waals surface area contributed by atoms with Gasteiger partial charge in [0.05, 0.1) is 17.6 Å². The van der Waals surface area contributed by atoms with E-state index in [-0.39, 0.29) is 27.3 Å². The van der Waals surface area contributed by atoms with Gasteiger partial charge in [-0.05, 0) is 30.6 Å². The zero-order valence-electron chi connectivity index (χ0n) is 30.2. The molecular weight excluding hydrogens is 627 g/mol. The Hall–Kier alpha value is -2.57. The first-order chi connectivity index (χ1) is 21.8. The summed E-state index contributed by atoms with van der Waals surface area (Å²) in [6.07, 6.45) is 0.937. The lowest BCUT2D eigenvalue weighted by Crippen LogP contribution is -2.66. The molecule has 0 amide bonds. The minimum atomic E-state index is -2.84. The molecule has 0 spiro atoms. The molecule has 5 rings (SSSR count). The van der Waals surface area contributed by atoms with E-state index in [0.29, 0.717) is 35.7 Å². The third-order valence-electron chi connectivity index (χ3n) is 9.73. The molecule has 2 saturated heterocycles. The lowest BCUT2D eigenvalue weighted by Gasteiger charge is -2.54. The van der Waals surface area contributed by atoms with Crippen LogP contribution >= 0.6 is 0 Å². The predicted molar refractivity (Wildman–Crippen MR) is 189 cm³/mol. The number of aromatic nitrogens is 3. The molecule has 0 unspecified atom stereocenters. The third kappa shape index (κ3) is 6.84. The SMILES string of the molecule is C[C@@H](O)C#Cc1cn([C@@H]2O[C@@H]3CO[Si](C(C)(C)C)(C(C)(C)C)O[C@H]3[C@H]2O[Si](C)(C)C(C)(C)C)c2ncnc(OCc3ccccc3)c12. The lowest BCUT2D eigenvalue weighted by molar-refractivity contribution is -0.0794. The fraction of sp³-hybridized carbons (Fsp3) is 0.611. The van der Waals surface area contributed by atoms with E-state index in [1.165, 1.54) is 6.33 Å². The van der Waals surface area contributed by atoms with Crippen molar-refractivity contribution in [2.45, 2.75) is 135 Å². The minimum Gasteiger partial charge on any atom is -0.472 e. The summed E-state index contributed by atoms with van der Waals surface area (Å²) in [7, 11) is -5.17. The second-order valence-corrected chi connectivity index (χ2v) is 26.0. The number of aliphatic hydroxyl groups is 1. The Balaban J connectivity index is 1.64. The van der Waals surface area contributed by atoms with Gasteiger partial charge in [0, 0.05) is 16.3 Å². The fourth-order valence-corrected chi connectivity index (χ4v) is 12.8. The van der Waals surface area contributed by atoms with Crippen LogP contribution in [-0.4, -0.2) is 67.5 Å². The van der Waals surface area contributed by atoms with Gasteiger partial charge in [0.2, 0.25) is 5.88 Å². The average molecular weight is 680 g/mol. The average Bonchev–Trinajstić information content (AvgIpc) is 3.51. The van der Waals surface area contributed by atoms with Crippen LogP contribution in [0.25, 0.3) is 11.0 Å². The molecule has 11 heteroatoms. The molecule has 0 radical (unpaired) electrons. The summed E-state index contributed by atoms with van der Waals surface area (Å²) in [5.74, 6) is 6.47. The van der Waals surface area contributed by atoms with E-state index < -0.39 is 35.3 Å². The first-order valence-electron chi connectivity index (χ1n) is 16.6. The van der Waals surface area contributed by atoms with Gasteiger partial charge in [-0.3, -0.25) is 0 Å². The highest BCUT2D eigenvalue weighted by Crippen LogP contribution is 2.57. The Labute approximate surface area is 282 Å². The van der Waals surface area contributed by atoms with Crippen LogP contribution in [0.4, 0.5) is 0 Å². The molecule has 9 nitrogen and oxygen atoms in total. The van der Waals surface area contributed by atoms with E-state index >= 15 is 0 Å². The van der Waals surface area contributed by atoms with Gasteiger partial charge in [-0.2, -0.15) is 0 Å². The van der Waals surface area contributed by atoms with Gasteiger partial charge < -0.3 is 32.4 Å². The smallest absolute Gasteiger partial charge is 0.349 e.